The molecule has 4 rings (SSSR count). The van der Waals surface area contributed by atoms with Crippen molar-refractivity contribution < 1.29 is 13.5 Å². The fourth-order valence-corrected chi connectivity index (χ4v) is 3.96. The molecule has 2 aliphatic heterocycles. The van der Waals surface area contributed by atoms with Gasteiger partial charge in [-0.1, -0.05) is 31.2 Å². The van der Waals surface area contributed by atoms with E-state index in [2.05, 4.69) is 17.9 Å². The number of ether oxygens (including phenoxy) is 1. The van der Waals surface area contributed by atoms with Crippen molar-refractivity contribution in [1.29, 1.82) is 5.26 Å². The lowest BCUT2D eigenvalue weighted by Gasteiger charge is -2.38. The number of nitriles is 1. The lowest BCUT2D eigenvalue weighted by Crippen LogP contribution is -2.38. The van der Waals surface area contributed by atoms with Gasteiger partial charge in [-0.2, -0.15) is 5.26 Å². The van der Waals surface area contributed by atoms with Crippen LogP contribution in [0.5, 0.6) is 0 Å². The van der Waals surface area contributed by atoms with Crippen LogP contribution < -0.4 is 5.73 Å². The first-order valence-electron chi connectivity index (χ1n) is 9.75. The monoisotopic (exact) mass is 405 g/mol. The van der Waals surface area contributed by atoms with Gasteiger partial charge in [0.05, 0.1) is 5.92 Å². The quantitative estimate of drug-likeness (QED) is 0.820. The molecular formula is C24H21F2N3O. The molecule has 152 valence electrons. The number of hydrogen-bond donors (Lipinski definition) is 1. The normalized spacial score (nSPS) is 20.7. The molecule has 0 saturated carbocycles. The summed E-state index contributed by atoms with van der Waals surface area (Å²) in [6.07, 6.45) is 1.95. The third-order valence-electron chi connectivity index (χ3n) is 5.47. The van der Waals surface area contributed by atoms with Crippen molar-refractivity contribution >= 4 is 6.08 Å². The highest BCUT2D eigenvalue weighted by Gasteiger charge is 2.37. The molecule has 4 nitrogen and oxygen atoms in total. The Kier molecular flexibility index (Phi) is 5.39. The van der Waals surface area contributed by atoms with Crippen LogP contribution >= 0.6 is 0 Å². The Labute approximate surface area is 174 Å². The standard InChI is InChI=1S/C24H21F2N3O/c1-2-29-13-17(11-15-3-7-18(25)8-4-15)23-21(14-29)22(20(12-27)24(28)30-23)16-5-9-19(26)10-6-16/h3-11,22H,2,13-14,28H2,1H3/b17-11-/t22-/m1/s1. The van der Waals surface area contributed by atoms with Crippen LogP contribution in [-0.4, -0.2) is 24.5 Å². The highest BCUT2D eigenvalue weighted by atomic mass is 19.1. The molecule has 0 aliphatic carbocycles. The summed E-state index contributed by atoms with van der Waals surface area (Å²) in [5.41, 5.74) is 9.89. The average molecular weight is 405 g/mol. The highest BCUT2D eigenvalue weighted by Crippen LogP contribution is 2.43. The third kappa shape index (κ3) is 3.72. The summed E-state index contributed by atoms with van der Waals surface area (Å²) in [5.74, 6) is -0.362. The first kappa shape index (κ1) is 19.9. The first-order valence-corrected chi connectivity index (χ1v) is 9.75. The number of likely N-dealkylation sites (N-methyl/N-ethyl adjacent to an activating group) is 1. The minimum absolute atomic E-state index is 0.0560. The molecule has 2 aromatic rings. The van der Waals surface area contributed by atoms with E-state index in [1.54, 1.807) is 24.3 Å². The van der Waals surface area contributed by atoms with Gasteiger partial charge in [0.1, 0.15) is 29.0 Å². The van der Waals surface area contributed by atoms with Crippen LogP contribution in [0, 0.1) is 23.0 Å². The molecule has 30 heavy (non-hydrogen) atoms. The molecule has 0 fully saturated rings. The van der Waals surface area contributed by atoms with Gasteiger partial charge in [0, 0.05) is 18.7 Å². The van der Waals surface area contributed by atoms with E-state index in [0.717, 1.165) is 28.8 Å². The van der Waals surface area contributed by atoms with E-state index < -0.39 is 5.92 Å². The van der Waals surface area contributed by atoms with Crippen molar-refractivity contribution in [3.05, 3.63) is 99.7 Å². The second kappa shape index (κ2) is 8.13. The van der Waals surface area contributed by atoms with Crippen molar-refractivity contribution in [1.82, 2.24) is 4.90 Å². The van der Waals surface area contributed by atoms with Gasteiger partial charge >= 0.3 is 0 Å². The molecule has 6 heteroatoms. The maximum absolute atomic E-state index is 13.5. The molecule has 0 spiro atoms. The van der Waals surface area contributed by atoms with Gasteiger partial charge in [0.15, 0.2) is 0 Å². The van der Waals surface area contributed by atoms with Crippen LogP contribution in [0.15, 0.2) is 76.9 Å². The van der Waals surface area contributed by atoms with Crippen molar-refractivity contribution in [3.8, 4) is 6.07 Å². The third-order valence-corrected chi connectivity index (χ3v) is 5.47. The van der Waals surface area contributed by atoms with Gasteiger partial charge in [-0.3, -0.25) is 4.90 Å². The van der Waals surface area contributed by atoms with Crippen molar-refractivity contribution in [2.24, 2.45) is 5.73 Å². The fourth-order valence-electron chi connectivity index (χ4n) is 3.96. The molecule has 0 bridgehead atoms. The van der Waals surface area contributed by atoms with Crippen LogP contribution in [0.4, 0.5) is 8.78 Å². The summed E-state index contributed by atoms with van der Waals surface area (Å²) in [6.45, 7) is 4.10. The minimum atomic E-state index is -0.412. The van der Waals surface area contributed by atoms with E-state index in [1.807, 2.05) is 6.08 Å². The summed E-state index contributed by atoms with van der Waals surface area (Å²) in [4.78, 5) is 2.23. The number of nitrogens with zero attached hydrogens (tertiary/aromatic N) is 2. The van der Waals surface area contributed by atoms with Crippen LogP contribution in [0.3, 0.4) is 0 Å². The van der Waals surface area contributed by atoms with Gasteiger partial charge in [-0.15, -0.1) is 0 Å². The molecule has 2 heterocycles. The summed E-state index contributed by atoms with van der Waals surface area (Å²) in [7, 11) is 0. The molecule has 0 amide bonds. The minimum Gasteiger partial charge on any atom is -0.440 e. The average Bonchev–Trinajstić information content (AvgIpc) is 2.75. The van der Waals surface area contributed by atoms with Gasteiger partial charge in [0.25, 0.3) is 0 Å². The Morgan fingerprint density at radius 3 is 2.33 bits per heavy atom. The second-order valence-corrected chi connectivity index (χ2v) is 7.36. The van der Waals surface area contributed by atoms with Gasteiger partial charge < -0.3 is 10.5 Å². The largest absolute Gasteiger partial charge is 0.440 e. The maximum Gasteiger partial charge on any atom is 0.205 e. The van der Waals surface area contributed by atoms with Crippen molar-refractivity contribution in [2.75, 3.05) is 19.6 Å². The van der Waals surface area contributed by atoms with Gasteiger partial charge in [-0.05, 0) is 53.6 Å². The molecule has 1 atom stereocenters. The molecule has 2 aliphatic rings. The van der Waals surface area contributed by atoms with Crippen molar-refractivity contribution in [2.45, 2.75) is 12.8 Å². The molecule has 0 aromatic heterocycles. The van der Waals surface area contributed by atoms with Crippen LogP contribution in [-0.2, 0) is 4.74 Å². The van der Waals surface area contributed by atoms with E-state index in [4.69, 9.17) is 10.5 Å². The van der Waals surface area contributed by atoms with E-state index in [9.17, 15) is 14.0 Å². The number of allylic oxidation sites excluding steroid dienone is 1. The number of halogens is 2. The summed E-state index contributed by atoms with van der Waals surface area (Å²) in [6, 6.07) is 14.5. The van der Waals surface area contributed by atoms with Gasteiger partial charge in [0.2, 0.25) is 5.88 Å². The van der Waals surface area contributed by atoms with E-state index in [0.29, 0.717) is 24.4 Å². The second-order valence-electron chi connectivity index (χ2n) is 7.36. The Bertz CT molecular complexity index is 1090. The topological polar surface area (TPSA) is 62.3 Å². The zero-order valence-electron chi connectivity index (χ0n) is 16.5. The van der Waals surface area contributed by atoms with Crippen molar-refractivity contribution in [3.63, 3.8) is 0 Å². The summed E-state index contributed by atoms with van der Waals surface area (Å²) in [5, 5.41) is 9.76. The summed E-state index contributed by atoms with van der Waals surface area (Å²) >= 11 is 0. The number of hydrogen-bond acceptors (Lipinski definition) is 4. The molecular weight excluding hydrogens is 384 g/mol. The molecule has 2 N–H and O–H groups in total. The molecule has 0 saturated heterocycles. The Morgan fingerprint density at radius 1 is 1.10 bits per heavy atom. The number of nitrogens with two attached hydrogens (primary N) is 1. The fraction of sp³-hybridized carbons (Fsp3) is 0.208. The molecule has 0 radical (unpaired) electrons. The van der Waals surface area contributed by atoms with E-state index in [1.165, 1.54) is 24.3 Å². The Morgan fingerprint density at radius 2 is 1.73 bits per heavy atom. The van der Waals surface area contributed by atoms with Crippen LogP contribution in [0.2, 0.25) is 0 Å². The Balaban J connectivity index is 1.86. The molecule has 2 aromatic carbocycles. The highest BCUT2D eigenvalue weighted by molar-refractivity contribution is 5.63. The van der Waals surface area contributed by atoms with E-state index >= 15 is 0 Å². The SMILES string of the molecule is CCN1CC2=C(OC(N)=C(C#N)[C@H]2c2ccc(F)cc2)/C(=C\c2ccc(F)cc2)C1. The zero-order chi connectivity index (χ0) is 21.3. The van der Waals surface area contributed by atoms with Gasteiger partial charge in [-0.25, -0.2) is 8.78 Å². The Hall–Kier alpha value is -3.43. The van der Waals surface area contributed by atoms with Crippen LogP contribution in [0.1, 0.15) is 24.0 Å². The predicted octanol–water partition coefficient (Wildman–Crippen LogP) is 4.45. The van der Waals surface area contributed by atoms with Crippen LogP contribution in [0.25, 0.3) is 6.08 Å². The maximum atomic E-state index is 13.5. The summed E-state index contributed by atoms with van der Waals surface area (Å²) < 4.78 is 32.8. The first-order chi connectivity index (χ1) is 14.5. The molecule has 0 unspecified atom stereocenters. The zero-order valence-corrected chi connectivity index (χ0v) is 16.5. The lowest BCUT2D eigenvalue weighted by atomic mass is 9.80. The lowest BCUT2D eigenvalue weighted by molar-refractivity contribution is 0.239. The number of rotatable bonds is 3. The predicted molar refractivity (Wildman–Crippen MR) is 111 cm³/mol. The number of benzene rings is 2. The van der Waals surface area contributed by atoms with E-state index in [-0.39, 0.29) is 17.5 Å². The smallest absolute Gasteiger partial charge is 0.205 e.